The lowest BCUT2D eigenvalue weighted by molar-refractivity contribution is 0.625. The number of rotatable bonds is 3. The molecule has 1 N–H and O–H groups in total. The molecule has 0 aromatic heterocycles. The highest BCUT2D eigenvalue weighted by molar-refractivity contribution is 9.10. The largest absolute Gasteiger partial charge is 0.381 e. The Bertz CT molecular complexity index is 647. The average Bonchev–Trinajstić information content (AvgIpc) is 2.40. The maximum absolute atomic E-state index is 13.2. The van der Waals surface area contributed by atoms with Gasteiger partial charge in [-0.15, -0.1) is 0 Å². The molecule has 0 bridgehead atoms. The Morgan fingerprint density at radius 1 is 1.26 bits per heavy atom. The molecule has 0 aliphatic carbocycles. The molecule has 0 amide bonds. The van der Waals surface area contributed by atoms with Crippen LogP contribution in [0.2, 0.25) is 0 Å². The summed E-state index contributed by atoms with van der Waals surface area (Å²) in [4.78, 5) is 0. The van der Waals surface area contributed by atoms with E-state index in [2.05, 4.69) is 27.3 Å². The van der Waals surface area contributed by atoms with Crippen LogP contribution in [-0.4, -0.2) is 0 Å². The topological polar surface area (TPSA) is 35.8 Å². The van der Waals surface area contributed by atoms with Crippen LogP contribution in [0, 0.1) is 24.1 Å². The van der Waals surface area contributed by atoms with E-state index in [4.69, 9.17) is 5.26 Å². The molecule has 0 saturated carbocycles. The Labute approximate surface area is 120 Å². The van der Waals surface area contributed by atoms with Crippen molar-refractivity contribution in [2.24, 2.45) is 0 Å². The van der Waals surface area contributed by atoms with E-state index in [1.807, 2.05) is 19.1 Å². The minimum absolute atomic E-state index is 0.253. The van der Waals surface area contributed by atoms with Gasteiger partial charge in [0.2, 0.25) is 0 Å². The normalized spacial score (nSPS) is 10.0. The zero-order valence-corrected chi connectivity index (χ0v) is 12.0. The molecule has 0 radical (unpaired) electrons. The minimum Gasteiger partial charge on any atom is -0.381 e. The zero-order chi connectivity index (χ0) is 13.8. The van der Waals surface area contributed by atoms with Crippen LogP contribution < -0.4 is 5.32 Å². The van der Waals surface area contributed by atoms with Gasteiger partial charge in [-0.3, -0.25) is 0 Å². The summed E-state index contributed by atoms with van der Waals surface area (Å²) in [5.74, 6) is -0.253. The van der Waals surface area contributed by atoms with Gasteiger partial charge in [0.15, 0.2) is 0 Å². The van der Waals surface area contributed by atoms with Crippen molar-refractivity contribution >= 4 is 21.6 Å². The third-order valence-corrected chi connectivity index (χ3v) is 3.61. The summed E-state index contributed by atoms with van der Waals surface area (Å²) in [6.07, 6.45) is 0. The summed E-state index contributed by atoms with van der Waals surface area (Å²) in [7, 11) is 0. The number of benzene rings is 2. The number of hydrogen-bond donors (Lipinski definition) is 1. The van der Waals surface area contributed by atoms with Crippen LogP contribution in [0.4, 0.5) is 10.1 Å². The molecule has 0 saturated heterocycles. The van der Waals surface area contributed by atoms with Crippen LogP contribution in [0.25, 0.3) is 0 Å². The van der Waals surface area contributed by atoms with Crippen molar-refractivity contribution in [3.05, 3.63) is 63.4 Å². The van der Waals surface area contributed by atoms with Crippen LogP contribution in [0.3, 0.4) is 0 Å². The third kappa shape index (κ3) is 3.33. The minimum atomic E-state index is -0.253. The van der Waals surface area contributed by atoms with E-state index >= 15 is 0 Å². The van der Waals surface area contributed by atoms with E-state index in [0.29, 0.717) is 12.1 Å². The van der Waals surface area contributed by atoms with E-state index in [-0.39, 0.29) is 5.82 Å². The van der Waals surface area contributed by atoms with E-state index in [1.54, 1.807) is 12.1 Å². The van der Waals surface area contributed by atoms with Crippen molar-refractivity contribution < 1.29 is 4.39 Å². The monoisotopic (exact) mass is 318 g/mol. The molecular formula is C15H12BrFN2. The Hall–Kier alpha value is -1.86. The molecule has 0 unspecified atom stereocenters. The predicted molar refractivity (Wildman–Crippen MR) is 77.3 cm³/mol. The maximum atomic E-state index is 13.2. The molecule has 0 heterocycles. The van der Waals surface area contributed by atoms with Gasteiger partial charge in [-0.25, -0.2) is 4.39 Å². The molecule has 0 fully saturated rings. The number of nitrogens with one attached hydrogen (secondary N) is 1. The van der Waals surface area contributed by atoms with Gasteiger partial charge in [0.05, 0.1) is 11.6 Å². The molecule has 2 aromatic carbocycles. The van der Waals surface area contributed by atoms with Crippen molar-refractivity contribution in [3.63, 3.8) is 0 Å². The Kier molecular flexibility index (Phi) is 4.18. The highest BCUT2D eigenvalue weighted by Gasteiger charge is 2.04. The second-order valence-electron chi connectivity index (χ2n) is 4.23. The van der Waals surface area contributed by atoms with Gasteiger partial charge in [0, 0.05) is 16.7 Å². The molecule has 0 aliphatic rings. The fraction of sp³-hybridized carbons (Fsp3) is 0.133. The average molecular weight is 319 g/mol. The summed E-state index contributed by atoms with van der Waals surface area (Å²) < 4.78 is 14.0. The molecular weight excluding hydrogens is 307 g/mol. The van der Waals surface area contributed by atoms with Crippen LogP contribution in [0.15, 0.2) is 40.9 Å². The lowest BCUT2D eigenvalue weighted by Crippen LogP contribution is -2.02. The number of nitriles is 1. The summed E-state index contributed by atoms with van der Waals surface area (Å²) in [6.45, 7) is 2.45. The molecule has 2 aromatic rings. The number of halogens is 2. The summed E-state index contributed by atoms with van der Waals surface area (Å²) >= 11 is 3.40. The predicted octanol–water partition coefficient (Wildman–Crippen LogP) is 4.38. The number of aryl methyl sites for hydroxylation is 1. The van der Waals surface area contributed by atoms with Crippen molar-refractivity contribution in [2.75, 3.05) is 5.32 Å². The Morgan fingerprint density at radius 3 is 2.74 bits per heavy atom. The first-order valence-electron chi connectivity index (χ1n) is 5.78. The van der Waals surface area contributed by atoms with Gasteiger partial charge in [0.25, 0.3) is 0 Å². The van der Waals surface area contributed by atoms with Crippen LogP contribution >= 0.6 is 15.9 Å². The molecule has 0 aliphatic heterocycles. The Morgan fingerprint density at radius 2 is 2.05 bits per heavy atom. The van der Waals surface area contributed by atoms with Crippen LogP contribution in [0.1, 0.15) is 16.7 Å². The van der Waals surface area contributed by atoms with E-state index in [1.165, 1.54) is 12.1 Å². The molecule has 2 rings (SSSR count). The number of hydrogen-bond acceptors (Lipinski definition) is 2. The molecule has 19 heavy (non-hydrogen) atoms. The smallest absolute Gasteiger partial charge is 0.123 e. The van der Waals surface area contributed by atoms with Crippen molar-refractivity contribution in [2.45, 2.75) is 13.5 Å². The van der Waals surface area contributed by atoms with Crippen molar-refractivity contribution in [3.8, 4) is 6.07 Å². The summed E-state index contributed by atoms with van der Waals surface area (Å²) in [5.41, 5.74) is 3.42. The van der Waals surface area contributed by atoms with E-state index < -0.39 is 0 Å². The van der Waals surface area contributed by atoms with Crippen molar-refractivity contribution in [1.82, 2.24) is 0 Å². The highest BCUT2D eigenvalue weighted by atomic mass is 79.9. The molecule has 96 valence electrons. The van der Waals surface area contributed by atoms with Gasteiger partial charge >= 0.3 is 0 Å². The van der Waals surface area contributed by atoms with Crippen LogP contribution in [-0.2, 0) is 6.54 Å². The molecule has 0 atom stereocenters. The first kappa shape index (κ1) is 13.6. The van der Waals surface area contributed by atoms with Gasteiger partial charge in [-0.1, -0.05) is 15.9 Å². The first-order chi connectivity index (χ1) is 9.10. The number of nitrogens with zero attached hydrogens (tertiary/aromatic N) is 1. The second-order valence-corrected chi connectivity index (χ2v) is 5.09. The standard InChI is InChI=1S/C15H12BrFN2/c1-10-6-11(8-18)2-5-15(10)19-9-12-7-13(17)3-4-14(12)16/h2-7,19H,9H2,1H3. The number of anilines is 1. The maximum Gasteiger partial charge on any atom is 0.123 e. The van der Waals surface area contributed by atoms with E-state index in [0.717, 1.165) is 21.3 Å². The lowest BCUT2D eigenvalue weighted by atomic mass is 10.1. The Balaban J connectivity index is 2.15. The quantitative estimate of drug-likeness (QED) is 0.911. The SMILES string of the molecule is Cc1cc(C#N)ccc1NCc1cc(F)ccc1Br. The molecule has 4 heteroatoms. The zero-order valence-electron chi connectivity index (χ0n) is 10.4. The fourth-order valence-electron chi connectivity index (χ4n) is 1.80. The van der Waals surface area contributed by atoms with Gasteiger partial charge < -0.3 is 5.32 Å². The molecule has 0 spiro atoms. The molecule has 2 nitrogen and oxygen atoms in total. The summed E-state index contributed by atoms with van der Waals surface area (Å²) in [5, 5.41) is 12.1. The van der Waals surface area contributed by atoms with Gasteiger partial charge in [-0.2, -0.15) is 5.26 Å². The van der Waals surface area contributed by atoms with Gasteiger partial charge in [-0.05, 0) is 54.4 Å². The fourth-order valence-corrected chi connectivity index (χ4v) is 2.19. The summed E-state index contributed by atoms with van der Waals surface area (Å²) in [6, 6.07) is 12.2. The van der Waals surface area contributed by atoms with E-state index in [9.17, 15) is 4.39 Å². The third-order valence-electron chi connectivity index (χ3n) is 2.83. The van der Waals surface area contributed by atoms with Crippen molar-refractivity contribution in [1.29, 1.82) is 5.26 Å². The van der Waals surface area contributed by atoms with Crippen LogP contribution in [0.5, 0.6) is 0 Å². The van der Waals surface area contributed by atoms with Gasteiger partial charge in [0.1, 0.15) is 5.82 Å². The first-order valence-corrected chi connectivity index (χ1v) is 6.58. The highest BCUT2D eigenvalue weighted by Crippen LogP contribution is 2.21. The lowest BCUT2D eigenvalue weighted by Gasteiger charge is -2.11. The second kappa shape index (κ2) is 5.85.